The van der Waals surface area contributed by atoms with Crippen LogP contribution in [0.4, 0.5) is 0 Å². The van der Waals surface area contributed by atoms with Gasteiger partial charge in [-0.25, -0.2) is 0 Å². The molecule has 2 amide bonds. The van der Waals surface area contributed by atoms with E-state index in [1.807, 2.05) is 37.3 Å². The number of rotatable bonds is 6. The van der Waals surface area contributed by atoms with Crippen LogP contribution in [-0.4, -0.2) is 64.1 Å². The molecule has 0 bridgehead atoms. The van der Waals surface area contributed by atoms with Crippen LogP contribution in [0.15, 0.2) is 36.4 Å². The summed E-state index contributed by atoms with van der Waals surface area (Å²) in [6.45, 7) is 5.26. The van der Waals surface area contributed by atoms with Crippen LogP contribution in [-0.2, 0) is 23.2 Å². The zero-order valence-corrected chi connectivity index (χ0v) is 17.5. The molecule has 8 heteroatoms. The maximum atomic E-state index is 12.5. The van der Waals surface area contributed by atoms with Crippen molar-refractivity contribution in [1.29, 1.82) is 0 Å². The summed E-state index contributed by atoms with van der Waals surface area (Å²) < 4.78 is 1.59. The third kappa shape index (κ3) is 5.68. The zero-order chi connectivity index (χ0) is 20.8. The number of nitrogens with one attached hydrogen (secondary N) is 1. The zero-order valence-electron chi connectivity index (χ0n) is 16.8. The van der Waals surface area contributed by atoms with E-state index in [9.17, 15) is 9.59 Å². The highest BCUT2D eigenvalue weighted by Crippen LogP contribution is 2.20. The van der Waals surface area contributed by atoms with Crippen LogP contribution in [0.2, 0.25) is 5.15 Å². The first-order chi connectivity index (χ1) is 13.9. The van der Waals surface area contributed by atoms with E-state index in [-0.39, 0.29) is 11.8 Å². The Hall–Kier alpha value is -2.64. The number of benzene rings is 1. The Balaban J connectivity index is 1.43. The van der Waals surface area contributed by atoms with Gasteiger partial charge in [-0.3, -0.25) is 19.2 Å². The monoisotopic (exact) mass is 415 g/mol. The molecule has 0 radical (unpaired) electrons. The number of amides is 2. The van der Waals surface area contributed by atoms with E-state index in [0.29, 0.717) is 44.4 Å². The van der Waals surface area contributed by atoms with Gasteiger partial charge in [0.1, 0.15) is 5.15 Å². The van der Waals surface area contributed by atoms with Crippen molar-refractivity contribution in [3.8, 4) is 0 Å². The van der Waals surface area contributed by atoms with Gasteiger partial charge in [0.15, 0.2) is 0 Å². The fourth-order valence-corrected chi connectivity index (χ4v) is 3.52. The van der Waals surface area contributed by atoms with E-state index < -0.39 is 0 Å². The van der Waals surface area contributed by atoms with Crippen LogP contribution < -0.4 is 5.32 Å². The summed E-state index contributed by atoms with van der Waals surface area (Å²) >= 11 is 6.20. The minimum Gasteiger partial charge on any atom is -0.351 e. The van der Waals surface area contributed by atoms with Crippen molar-refractivity contribution in [3.63, 3.8) is 0 Å². The second-order valence-corrected chi connectivity index (χ2v) is 7.47. The number of aromatic nitrogens is 2. The van der Waals surface area contributed by atoms with Crippen molar-refractivity contribution in [2.45, 2.75) is 13.5 Å². The Bertz CT molecular complexity index is 886. The molecule has 7 nitrogen and oxygen atoms in total. The molecule has 3 rings (SSSR count). The molecule has 29 heavy (non-hydrogen) atoms. The third-order valence-corrected chi connectivity index (χ3v) is 5.42. The lowest BCUT2D eigenvalue weighted by atomic mass is 10.2. The average Bonchev–Trinajstić information content (AvgIpc) is 2.97. The molecule has 1 fully saturated rings. The van der Waals surface area contributed by atoms with Crippen molar-refractivity contribution in [3.05, 3.63) is 58.4 Å². The van der Waals surface area contributed by atoms with Gasteiger partial charge < -0.3 is 10.2 Å². The summed E-state index contributed by atoms with van der Waals surface area (Å²) in [5.74, 6) is -0.0623. The number of hydrogen-bond acceptors (Lipinski definition) is 4. The van der Waals surface area contributed by atoms with Crippen molar-refractivity contribution >= 4 is 29.5 Å². The lowest BCUT2D eigenvalue weighted by Gasteiger charge is -2.33. The molecule has 1 aliphatic heterocycles. The normalized spacial score (nSPS) is 15.1. The van der Waals surface area contributed by atoms with Gasteiger partial charge in [-0.05, 0) is 18.6 Å². The molecule has 1 aliphatic rings. The van der Waals surface area contributed by atoms with E-state index in [0.717, 1.165) is 16.8 Å². The van der Waals surface area contributed by atoms with Gasteiger partial charge >= 0.3 is 0 Å². The number of aryl methyl sites for hydroxylation is 2. The number of carbonyl (C=O) groups is 2. The Labute approximate surface area is 175 Å². The van der Waals surface area contributed by atoms with E-state index in [2.05, 4.69) is 15.3 Å². The molecule has 2 heterocycles. The van der Waals surface area contributed by atoms with Gasteiger partial charge in [-0.1, -0.05) is 41.9 Å². The standard InChI is InChI=1S/C21H26ClN5O2/c1-16-18(21(22)25(2)24-16)8-9-20(29)27-12-10-26(11-13-27)15-19(28)23-14-17-6-4-3-5-7-17/h3-9H,10-15H2,1-2H3,(H,23,28)/b9-8+. The molecular formula is C21H26ClN5O2. The number of nitrogens with zero attached hydrogens (tertiary/aromatic N) is 4. The predicted molar refractivity (Wildman–Crippen MR) is 113 cm³/mol. The van der Waals surface area contributed by atoms with Crippen molar-refractivity contribution in [1.82, 2.24) is 24.9 Å². The van der Waals surface area contributed by atoms with E-state index >= 15 is 0 Å². The molecule has 0 atom stereocenters. The summed E-state index contributed by atoms with van der Waals surface area (Å²) in [5, 5.41) is 7.69. The number of halogens is 1. The van der Waals surface area contributed by atoms with Crippen molar-refractivity contribution in [2.24, 2.45) is 7.05 Å². The van der Waals surface area contributed by atoms with Crippen LogP contribution in [0.5, 0.6) is 0 Å². The molecule has 0 aliphatic carbocycles. The Morgan fingerprint density at radius 3 is 2.48 bits per heavy atom. The van der Waals surface area contributed by atoms with Crippen LogP contribution in [0.25, 0.3) is 6.08 Å². The highest BCUT2D eigenvalue weighted by atomic mass is 35.5. The fraction of sp³-hybridized carbons (Fsp3) is 0.381. The molecule has 154 valence electrons. The Morgan fingerprint density at radius 1 is 1.17 bits per heavy atom. The second kappa shape index (κ2) is 9.71. The van der Waals surface area contributed by atoms with E-state index in [4.69, 9.17) is 11.6 Å². The molecule has 0 spiro atoms. The second-order valence-electron chi connectivity index (χ2n) is 7.11. The highest BCUT2D eigenvalue weighted by molar-refractivity contribution is 6.31. The minimum atomic E-state index is -0.0579. The molecule has 1 aromatic carbocycles. The maximum absolute atomic E-state index is 12.5. The van der Waals surface area contributed by atoms with Gasteiger partial charge in [-0.15, -0.1) is 0 Å². The molecule has 1 aromatic heterocycles. The summed E-state index contributed by atoms with van der Waals surface area (Å²) in [4.78, 5) is 28.5. The predicted octanol–water partition coefficient (Wildman–Crippen LogP) is 1.86. The van der Waals surface area contributed by atoms with Gasteiger partial charge in [0, 0.05) is 51.4 Å². The molecular weight excluding hydrogens is 390 g/mol. The van der Waals surface area contributed by atoms with Crippen LogP contribution >= 0.6 is 11.6 Å². The fourth-order valence-electron chi connectivity index (χ4n) is 3.28. The van der Waals surface area contributed by atoms with Crippen LogP contribution in [0.3, 0.4) is 0 Å². The summed E-state index contributed by atoms with van der Waals surface area (Å²) in [6.07, 6.45) is 3.26. The van der Waals surface area contributed by atoms with Gasteiger partial charge in [0.25, 0.3) is 0 Å². The lowest BCUT2D eigenvalue weighted by Crippen LogP contribution is -2.50. The molecule has 1 N–H and O–H groups in total. The lowest BCUT2D eigenvalue weighted by molar-refractivity contribution is -0.128. The Kier molecular flexibility index (Phi) is 7.06. The van der Waals surface area contributed by atoms with Gasteiger partial charge in [0.2, 0.25) is 11.8 Å². The van der Waals surface area contributed by atoms with Gasteiger partial charge in [0.05, 0.1) is 12.2 Å². The molecule has 0 unspecified atom stereocenters. The first-order valence-electron chi connectivity index (χ1n) is 9.63. The average molecular weight is 416 g/mol. The molecule has 1 saturated heterocycles. The quantitative estimate of drug-likeness (QED) is 0.731. The Morgan fingerprint density at radius 2 is 1.86 bits per heavy atom. The SMILES string of the molecule is Cc1nn(C)c(Cl)c1/C=C/C(=O)N1CCN(CC(=O)NCc2ccccc2)CC1. The minimum absolute atomic E-state index is 0.00443. The molecule has 0 saturated carbocycles. The topological polar surface area (TPSA) is 70.5 Å². The van der Waals surface area contributed by atoms with Crippen LogP contribution in [0, 0.1) is 6.92 Å². The highest BCUT2D eigenvalue weighted by Gasteiger charge is 2.21. The largest absolute Gasteiger partial charge is 0.351 e. The smallest absolute Gasteiger partial charge is 0.246 e. The number of carbonyl (C=O) groups excluding carboxylic acids is 2. The van der Waals surface area contributed by atoms with Gasteiger partial charge in [-0.2, -0.15) is 5.10 Å². The number of piperazine rings is 1. The van der Waals surface area contributed by atoms with E-state index in [1.54, 1.807) is 22.7 Å². The maximum Gasteiger partial charge on any atom is 0.246 e. The van der Waals surface area contributed by atoms with Crippen molar-refractivity contribution in [2.75, 3.05) is 32.7 Å². The first-order valence-corrected chi connectivity index (χ1v) is 10.0. The molecule has 2 aromatic rings. The first kappa shape index (κ1) is 21.1. The van der Waals surface area contributed by atoms with Crippen molar-refractivity contribution < 1.29 is 9.59 Å². The van der Waals surface area contributed by atoms with Crippen LogP contribution in [0.1, 0.15) is 16.8 Å². The van der Waals surface area contributed by atoms with E-state index in [1.165, 1.54) is 6.08 Å². The summed E-state index contributed by atoms with van der Waals surface area (Å²) in [5.41, 5.74) is 2.62. The summed E-state index contributed by atoms with van der Waals surface area (Å²) in [7, 11) is 1.77. The third-order valence-electron chi connectivity index (χ3n) is 4.97. The number of hydrogen-bond donors (Lipinski definition) is 1. The summed E-state index contributed by atoms with van der Waals surface area (Å²) in [6, 6.07) is 9.83.